The zero-order valence-corrected chi connectivity index (χ0v) is 14.3. The molecule has 0 aromatic heterocycles. The Hall–Kier alpha value is -1.13. The lowest BCUT2D eigenvalue weighted by Gasteiger charge is -2.16. The maximum atomic E-state index is 5.46. The van der Waals surface area contributed by atoms with Gasteiger partial charge in [-0.15, -0.1) is 12.4 Å². The van der Waals surface area contributed by atoms with Crippen molar-refractivity contribution in [1.82, 2.24) is 5.32 Å². The molecule has 0 amide bonds. The minimum absolute atomic E-state index is 0. The molecule has 21 heavy (non-hydrogen) atoms. The van der Waals surface area contributed by atoms with E-state index in [-0.39, 0.29) is 12.4 Å². The van der Waals surface area contributed by atoms with E-state index in [9.17, 15) is 0 Å². The molecule has 4 nitrogen and oxygen atoms in total. The van der Waals surface area contributed by atoms with Gasteiger partial charge in [-0.05, 0) is 19.0 Å². The molecule has 0 bridgehead atoms. The van der Waals surface area contributed by atoms with E-state index >= 15 is 0 Å². The van der Waals surface area contributed by atoms with E-state index < -0.39 is 0 Å². The monoisotopic (exact) mass is 317 g/mol. The first kappa shape index (κ1) is 19.9. The van der Waals surface area contributed by atoms with E-state index in [1.54, 1.807) is 21.3 Å². The quantitative estimate of drug-likeness (QED) is 0.666. The van der Waals surface area contributed by atoms with Crippen molar-refractivity contribution in [1.29, 1.82) is 0 Å². The van der Waals surface area contributed by atoms with Crippen molar-refractivity contribution in [2.75, 3.05) is 27.9 Å². The van der Waals surface area contributed by atoms with Crippen LogP contribution in [0.1, 0.15) is 38.2 Å². The molecule has 0 heterocycles. The normalized spacial score (nSPS) is 9.90. The molecular formula is C16H28ClNO3. The van der Waals surface area contributed by atoms with Crippen molar-refractivity contribution in [2.24, 2.45) is 0 Å². The summed E-state index contributed by atoms with van der Waals surface area (Å²) in [6.07, 6.45) is 5.07. The lowest BCUT2D eigenvalue weighted by atomic mass is 10.1. The number of hydrogen-bond acceptors (Lipinski definition) is 4. The van der Waals surface area contributed by atoms with E-state index in [1.807, 2.05) is 12.1 Å². The van der Waals surface area contributed by atoms with E-state index in [0.717, 1.165) is 24.4 Å². The van der Waals surface area contributed by atoms with Gasteiger partial charge in [0.05, 0.1) is 21.3 Å². The highest BCUT2D eigenvalue weighted by atomic mass is 35.5. The molecule has 0 aliphatic rings. The fourth-order valence-electron chi connectivity index (χ4n) is 2.20. The van der Waals surface area contributed by atoms with Gasteiger partial charge in [0.15, 0.2) is 11.5 Å². The predicted octanol–water partition coefficient (Wildman–Crippen LogP) is 3.80. The summed E-state index contributed by atoms with van der Waals surface area (Å²) in [4.78, 5) is 0. The summed E-state index contributed by atoms with van der Waals surface area (Å²) in [5, 5.41) is 3.45. The largest absolute Gasteiger partial charge is 0.493 e. The van der Waals surface area contributed by atoms with Gasteiger partial charge in [0.1, 0.15) is 0 Å². The molecule has 1 rings (SSSR count). The topological polar surface area (TPSA) is 39.7 Å². The molecule has 0 atom stereocenters. The van der Waals surface area contributed by atoms with Crippen LogP contribution >= 0.6 is 12.4 Å². The van der Waals surface area contributed by atoms with E-state index in [1.165, 1.54) is 25.7 Å². The number of nitrogens with one attached hydrogen (secondary N) is 1. The fourth-order valence-corrected chi connectivity index (χ4v) is 2.20. The Labute approximate surface area is 134 Å². The summed E-state index contributed by atoms with van der Waals surface area (Å²) < 4.78 is 16.1. The molecule has 1 N–H and O–H groups in total. The molecule has 5 heteroatoms. The Morgan fingerprint density at radius 1 is 0.905 bits per heavy atom. The van der Waals surface area contributed by atoms with Crippen LogP contribution in [0, 0.1) is 0 Å². The number of methoxy groups -OCH3 is 3. The summed E-state index contributed by atoms with van der Waals surface area (Å²) in [6.45, 7) is 4.02. The van der Waals surface area contributed by atoms with Gasteiger partial charge in [-0.25, -0.2) is 0 Å². The van der Waals surface area contributed by atoms with Crippen LogP contribution < -0.4 is 19.5 Å². The lowest BCUT2D eigenvalue weighted by molar-refractivity contribution is 0.321. The Kier molecular flexibility index (Phi) is 10.9. The van der Waals surface area contributed by atoms with Crippen molar-refractivity contribution in [3.05, 3.63) is 17.7 Å². The van der Waals surface area contributed by atoms with Crippen LogP contribution in [0.5, 0.6) is 17.2 Å². The number of hydrogen-bond donors (Lipinski definition) is 1. The van der Waals surface area contributed by atoms with Crippen LogP contribution in [-0.2, 0) is 6.54 Å². The number of halogens is 1. The maximum absolute atomic E-state index is 5.46. The van der Waals surface area contributed by atoms with Gasteiger partial charge in [0.25, 0.3) is 0 Å². The Morgan fingerprint density at radius 3 is 2.19 bits per heavy atom. The molecular weight excluding hydrogens is 290 g/mol. The Morgan fingerprint density at radius 2 is 1.62 bits per heavy atom. The van der Waals surface area contributed by atoms with E-state index in [0.29, 0.717) is 11.5 Å². The highest BCUT2D eigenvalue weighted by Gasteiger charge is 2.15. The van der Waals surface area contributed by atoms with Crippen LogP contribution in [0.25, 0.3) is 0 Å². The highest BCUT2D eigenvalue weighted by Crippen LogP contribution is 2.39. The molecule has 0 saturated carbocycles. The summed E-state index contributed by atoms with van der Waals surface area (Å²) in [6, 6.07) is 3.93. The van der Waals surface area contributed by atoms with Gasteiger partial charge in [0, 0.05) is 12.1 Å². The van der Waals surface area contributed by atoms with Gasteiger partial charge < -0.3 is 19.5 Å². The number of benzene rings is 1. The van der Waals surface area contributed by atoms with E-state index in [4.69, 9.17) is 14.2 Å². The van der Waals surface area contributed by atoms with Crippen molar-refractivity contribution in [3.8, 4) is 17.2 Å². The average Bonchev–Trinajstić information content (AvgIpc) is 2.49. The Bertz CT molecular complexity index is 399. The summed E-state index contributed by atoms with van der Waals surface area (Å²) in [5.74, 6) is 2.09. The van der Waals surface area contributed by atoms with Gasteiger partial charge in [-0.1, -0.05) is 32.3 Å². The van der Waals surface area contributed by atoms with Crippen LogP contribution in [-0.4, -0.2) is 27.9 Å². The van der Waals surface area contributed by atoms with Crippen molar-refractivity contribution < 1.29 is 14.2 Å². The minimum atomic E-state index is 0. The molecule has 0 aliphatic carbocycles. The molecule has 122 valence electrons. The first-order valence-corrected chi connectivity index (χ1v) is 7.27. The third-order valence-corrected chi connectivity index (χ3v) is 3.31. The predicted molar refractivity (Wildman–Crippen MR) is 89.2 cm³/mol. The van der Waals surface area contributed by atoms with Crippen molar-refractivity contribution >= 4 is 12.4 Å². The number of rotatable bonds is 10. The molecule has 0 saturated heterocycles. The summed E-state index contributed by atoms with van der Waals surface area (Å²) in [5.41, 5.74) is 1.08. The molecule has 0 fully saturated rings. The van der Waals surface area contributed by atoms with E-state index in [2.05, 4.69) is 12.2 Å². The van der Waals surface area contributed by atoms with Gasteiger partial charge in [0.2, 0.25) is 5.75 Å². The maximum Gasteiger partial charge on any atom is 0.203 e. The van der Waals surface area contributed by atoms with Crippen LogP contribution in [0.2, 0.25) is 0 Å². The highest BCUT2D eigenvalue weighted by molar-refractivity contribution is 5.85. The number of unbranched alkanes of at least 4 members (excludes halogenated alkanes) is 3. The zero-order chi connectivity index (χ0) is 14.8. The van der Waals surface area contributed by atoms with Gasteiger partial charge >= 0.3 is 0 Å². The first-order valence-electron chi connectivity index (χ1n) is 7.27. The molecule has 0 spiro atoms. The molecule has 1 aromatic rings. The van der Waals surface area contributed by atoms with Crippen LogP contribution in [0.3, 0.4) is 0 Å². The third-order valence-electron chi connectivity index (χ3n) is 3.31. The van der Waals surface area contributed by atoms with Crippen molar-refractivity contribution in [3.63, 3.8) is 0 Å². The third kappa shape index (κ3) is 6.02. The van der Waals surface area contributed by atoms with Gasteiger partial charge in [-0.2, -0.15) is 0 Å². The minimum Gasteiger partial charge on any atom is -0.493 e. The fraction of sp³-hybridized carbons (Fsp3) is 0.625. The molecule has 0 radical (unpaired) electrons. The summed E-state index contributed by atoms with van der Waals surface area (Å²) in [7, 11) is 4.91. The second-order valence-corrected chi connectivity index (χ2v) is 4.73. The second-order valence-electron chi connectivity index (χ2n) is 4.73. The second kappa shape index (κ2) is 11.5. The molecule has 1 aromatic carbocycles. The Balaban J connectivity index is 0.00000400. The lowest BCUT2D eigenvalue weighted by Crippen LogP contribution is -2.15. The smallest absolute Gasteiger partial charge is 0.203 e. The average molecular weight is 318 g/mol. The first-order chi connectivity index (χ1) is 9.78. The zero-order valence-electron chi connectivity index (χ0n) is 13.5. The van der Waals surface area contributed by atoms with Crippen molar-refractivity contribution in [2.45, 2.75) is 39.2 Å². The molecule has 0 aliphatic heterocycles. The van der Waals surface area contributed by atoms with Crippen LogP contribution in [0.15, 0.2) is 12.1 Å². The van der Waals surface area contributed by atoms with Crippen LogP contribution in [0.4, 0.5) is 0 Å². The summed E-state index contributed by atoms with van der Waals surface area (Å²) >= 11 is 0. The molecule has 0 unspecified atom stereocenters. The SMILES string of the molecule is CCCCCCNCc1ccc(OC)c(OC)c1OC.Cl. The van der Waals surface area contributed by atoms with Gasteiger partial charge in [-0.3, -0.25) is 0 Å². The number of ether oxygens (including phenoxy) is 3. The standard InChI is InChI=1S/C16H27NO3.ClH/c1-5-6-7-8-11-17-12-13-9-10-14(18-2)16(20-4)15(13)19-3;/h9-10,17H,5-8,11-12H2,1-4H3;1H.